The van der Waals surface area contributed by atoms with E-state index in [9.17, 15) is 22.8 Å². The summed E-state index contributed by atoms with van der Waals surface area (Å²) in [7, 11) is 1.81. The largest absolute Gasteiger partial charge is 0.417 e. The van der Waals surface area contributed by atoms with Gasteiger partial charge < -0.3 is 15.1 Å². The van der Waals surface area contributed by atoms with Gasteiger partial charge in [-0.25, -0.2) is 0 Å². The van der Waals surface area contributed by atoms with Crippen LogP contribution in [0.3, 0.4) is 0 Å². The molecule has 38 heavy (non-hydrogen) atoms. The van der Waals surface area contributed by atoms with Crippen LogP contribution in [-0.4, -0.2) is 52.9 Å². The highest BCUT2D eigenvalue weighted by atomic mass is 19.4. The van der Waals surface area contributed by atoms with E-state index in [2.05, 4.69) is 20.2 Å². The molecule has 1 aromatic carbocycles. The molecule has 0 spiro atoms. The van der Waals surface area contributed by atoms with E-state index in [1.807, 2.05) is 25.2 Å². The van der Waals surface area contributed by atoms with Gasteiger partial charge in [-0.3, -0.25) is 19.6 Å². The van der Waals surface area contributed by atoms with Gasteiger partial charge in [-0.15, -0.1) is 0 Å². The number of hydrogen-bond donors (Lipinski definition) is 1. The molecule has 1 aliphatic heterocycles. The predicted molar refractivity (Wildman–Crippen MR) is 136 cm³/mol. The van der Waals surface area contributed by atoms with E-state index >= 15 is 0 Å². The number of carbonyl (C=O) groups excluding carboxylic acids is 2. The maximum Gasteiger partial charge on any atom is 0.417 e. The quantitative estimate of drug-likeness (QED) is 0.527. The Morgan fingerprint density at radius 2 is 1.71 bits per heavy atom. The molecule has 1 aliphatic carbocycles. The number of halogens is 3. The van der Waals surface area contributed by atoms with Crippen LogP contribution in [0.4, 0.5) is 18.9 Å². The fraction of sp³-hybridized carbons (Fsp3) is 0.357. The van der Waals surface area contributed by atoms with Crippen molar-refractivity contribution in [2.24, 2.45) is 0 Å². The Bertz CT molecular complexity index is 1320. The van der Waals surface area contributed by atoms with Crippen molar-refractivity contribution in [3.05, 3.63) is 89.0 Å². The first-order valence-electron chi connectivity index (χ1n) is 12.6. The number of nitrogens with one attached hydrogen (secondary N) is 1. The number of amides is 2. The Hall–Kier alpha value is -3.95. The van der Waals surface area contributed by atoms with Crippen LogP contribution in [0, 0.1) is 0 Å². The number of pyridine rings is 2. The number of fused-ring (bicyclic) bond motifs is 1. The molecule has 2 amide bonds. The van der Waals surface area contributed by atoms with Gasteiger partial charge in [0, 0.05) is 62.2 Å². The van der Waals surface area contributed by atoms with Gasteiger partial charge in [-0.2, -0.15) is 13.2 Å². The first-order chi connectivity index (χ1) is 18.2. The zero-order chi connectivity index (χ0) is 26.9. The van der Waals surface area contributed by atoms with E-state index in [0.29, 0.717) is 18.4 Å². The third kappa shape index (κ3) is 5.20. The maximum absolute atomic E-state index is 13.4. The molecule has 198 valence electrons. The van der Waals surface area contributed by atoms with Crippen LogP contribution in [0.15, 0.2) is 61.2 Å². The fourth-order valence-electron chi connectivity index (χ4n) is 5.38. The second-order valence-corrected chi connectivity index (χ2v) is 9.74. The minimum atomic E-state index is -4.66. The van der Waals surface area contributed by atoms with Crippen molar-refractivity contribution in [1.82, 2.24) is 20.2 Å². The van der Waals surface area contributed by atoms with Crippen molar-refractivity contribution in [3.63, 3.8) is 0 Å². The minimum absolute atomic E-state index is 0.0933. The molecule has 1 unspecified atom stereocenters. The van der Waals surface area contributed by atoms with Gasteiger partial charge in [0.25, 0.3) is 11.8 Å². The van der Waals surface area contributed by atoms with Crippen molar-refractivity contribution >= 4 is 17.5 Å². The standard InChI is InChI=1S/C28H28F3N5O2/c1-35(20-9-14-36(15-10-20)21-6-11-32-12-7-21)27(38)19-3-2-18-4-5-25(22(18)16-19)34-26(37)23-17-33-13-8-24(23)28(29,30)31/h2-3,6-8,11-13,16-17,20,25H,4-5,9-10,14-15H2,1H3,(H,34,37). The number of nitrogens with zero attached hydrogens (tertiary/aromatic N) is 4. The van der Waals surface area contributed by atoms with E-state index < -0.39 is 29.3 Å². The molecule has 7 nitrogen and oxygen atoms in total. The molecule has 2 aliphatic rings. The molecule has 3 aromatic rings. The highest BCUT2D eigenvalue weighted by Gasteiger charge is 2.36. The van der Waals surface area contributed by atoms with Crippen LogP contribution >= 0.6 is 0 Å². The highest BCUT2D eigenvalue weighted by Crippen LogP contribution is 2.35. The molecule has 0 saturated carbocycles. The summed E-state index contributed by atoms with van der Waals surface area (Å²) in [6.45, 7) is 1.66. The number of aryl methyl sites for hydroxylation is 1. The molecule has 1 saturated heterocycles. The number of aromatic nitrogens is 2. The lowest BCUT2D eigenvalue weighted by atomic mass is 10.00. The second-order valence-electron chi connectivity index (χ2n) is 9.74. The van der Waals surface area contributed by atoms with Gasteiger partial charge in [0.1, 0.15) is 0 Å². The van der Waals surface area contributed by atoms with Crippen LogP contribution < -0.4 is 10.2 Å². The summed E-state index contributed by atoms with van der Waals surface area (Å²) in [5.41, 5.74) is 1.82. The van der Waals surface area contributed by atoms with Crippen molar-refractivity contribution in [3.8, 4) is 0 Å². The fourth-order valence-corrected chi connectivity index (χ4v) is 5.38. The average molecular weight is 524 g/mol. The molecule has 0 radical (unpaired) electrons. The van der Waals surface area contributed by atoms with E-state index in [-0.39, 0.29) is 11.9 Å². The molecule has 2 aromatic heterocycles. The smallest absolute Gasteiger partial charge is 0.371 e. The summed E-state index contributed by atoms with van der Waals surface area (Å²) in [5, 5.41) is 2.73. The number of hydrogen-bond acceptors (Lipinski definition) is 5. The molecular formula is C28H28F3N5O2. The third-order valence-corrected chi connectivity index (χ3v) is 7.51. The number of alkyl halides is 3. The summed E-state index contributed by atoms with van der Waals surface area (Å²) >= 11 is 0. The van der Waals surface area contributed by atoms with Gasteiger partial charge in [0.2, 0.25) is 0 Å². The topological polar surface area (TPSA) is 78.4 Å². The minimum Gasteiger partial charge on any atom is -0.371 e. The lowest BCUT2D eigenvalue weighted by Gasteiger charge is -2.38. The maximum atomic E-state index is 13.4. The van der Waals surface area contributed by atoms with E-state index in [1.165, 1.54) is 0 Å². The monoisotopic (exact) mass is 523 g/mol. The van der Waals surface area contributed by atoms with Gasteiger partial charge >= 0.3 is 6.18 Å². The molecule has 3 heterocycles. The number of benzene rings is 1. The van der Waals surface area contributed by atoms with E-state index in [0.717, 1.165) is 61.2 Å². The van der Waals surface area contributed by atoms with Crippen molar-refractivity contribution in [2.75, 3.05) is 25.0 Å². The normalized spacial score (nSPS) is 17.7. The second kappa shape index (κ2) is 10.4. The average Bonchev–Trinajstić information content (AvgIpc) is 3.34. The Morgan fingerprint density at radius 1 is 1.00 bits per heavy atom. The van der Waals surface area contributed by atoms with Crippen LogP contribution in [0.2, 0.25) is 0 Å². The number of rotatable bonds is 5. The van der Waals surface area contributed by atoms with Crippen LogP contribution in [0.1, 0.15) is 62.7 Å². The number of anilines is 1. The van der Waals surface area contributed by atoms with Crippen molar-refractivity contribution < 1.29 is 22.8 Å². The van der Waals surface area contributed by atoms with E-state index in [1.54, 1.807) is 29.4 Å². The van der Waals surface area contributed by atoms with Crippen LogP contribution in [-0.2, 0) is 12.6 Å². The summed E-state index contributed by atoms with van der Waals surface area (Å²) < 4.78 is 40.2. The van der Waals surface area contributed by atoms with Crippen molar-refractivity contribution in [2.45, 2.75) is 43.9 Å². The summed E-state index contributed by atoms with van der Waals surface area (Å²) in [6, 6.07) is 9.80. The first kappa shape index (κ1) is 25.7. The van der Waals surface area contributed by atoms with Gasteiger partial charge in [0.15, 0.2) is 0 Å². The Morgan fingerprint density at radius 3 is 2.42 bits per heavy atom. The molecule has 5 rings (SSSR count). The molecule has 1 N–H and O–H groups in total. The lowest BCUT2D eigenvalue weighted by Crippen LogP contribution is -2.45. The molecule has 1 fully saturated rings. The van der Waals surface area contributed by atoms with Crippen LogP contribution in [0.25, 0.3) is 0 Å². The molecule has 1 atom stereocenters. The zero-order valence-corrected chi connectivity index (χ0v) is 20.9. The molecule has 10 heteroatoms. The highest BCUT2D eigenvalue weighted by molar-refractivity contribution is 5.96. The first-order valence-corrected chi connectivity index (χ1v) is 12.6. The van der Waals surface area contributed by atoms with Crippen molar-refractivity contribution in [1.29, 1.82) is 0 Å². The zero-order valence-electron chi connectivity index (χ0n) is 20.9. The van der Waals surface area contributed by atoms with Crippen LogP contribution in [0.5, 0.6) is 0 Å². The van der Waals surface area contributed by atoms with E-state index in [4.69, 9.17) is 0 Å². The molecular weight excluding hydrogens is 495 g/mol. The Labute approximate surface area is 218 Å². The van der Waals surface area contributed by atoms with Gasteiger partial charge in [-0.1, -0.05) is 6.07 Å². The summed E-state index contributed by atoms with van der Waals surface area (Å²) in [6.07, 6.45) is 3.70. The third-order valence-electron chi connectivity index (χ3n) is 7.51. The van der Waals surface area contributed by atoms with Gasteiger partial charge in [-0.05, 0) is 67.1 Å². The number of piperidine rings is 1. The number of carbonyl (C=O) groups is 2. The predicted octanol–water partition coefficient (Wildman–Crippen LogP) is 4.65. The van der Waals surface area contributed by atoms with Gasteiger partial charge in [0.05, 0.1) is 17.2 Å². The Kier molecular flexibility index (Phi) is 7.05. The summed E-state index contributed by atoms with van der Waals surface area (Å²) in [4.78, 5) is 38.0. The lowest BCUT2D eigenvalue weighted by molar-refractivity contribution is -0.138. The molecule has 0 bridgehead atoms. The Balaban J connectivity index is 1.27. The SMILES string of the molecule is CN(C(=O)c1ccc2c(c1)C(NC(=O)c1cnccc1C(F)(F)F)CC2)C1CCN(c2ccncc2)CC1. The summed E-state index contributed by atoms with van der Waals surface area (Å²) in [5.74, 6) is -0.947.